The number of aromatic nitrogens is 4. The number of aliphatic hydroxyl groups is 4. The van der Waals surface area contributed by atoms with E-state index in [0.717, 1.165) is 6.42 Å². The third-order valence-corrected chi connectivity index (χ3v) is 4.11. The third kappa shape index (κ3) is 3.37. The highest BCUT2D eigenvalue weighted by molar-refractivity contribution is 5.84. The van der Waals surface area contributed by atoms with Gasteiger partial charge >= 0.3 is 0 Å². The Labute approximate surface area is 143 Å². The molecule has 0 spiro atoms. The van der Waals surface area contributed by atoms with Gasteiger partial charge in [0.1, 0.15) is 18.3 Å². The highest BCUT2D eigenvalue weighted by Crippen LogP contribution is 2.32. The van der Waals surface area contributed by atoms with Gasteiger partial charge in [-0.25, -0.2) is 4.98 Å². The van der Waals surface area contributed by atoms with Crippen molar-refractivity contribution in [2.75, 3.05) is 30.8 Å². The van der Waals surface area contributed by atoms with Gasteiger partial charge in [0.25, 0.3) is 0 Å². The first kappa shape index (κ1) is 17.8. The number of anilines is 2. The summed E-state index contributed by atoms with van der Waals surface area (Å²) in [5, 5.41) is 41.2. The molecule has 1 aliphatic heterocycles. The lowest BCUT2D eigenvalue weighted by atomic mass is 10.1. The largest absolute Gasteiger partial charge is 0.396 e. The third-order valence-electron chi connectivity index (χ3n) is 4.11. The van der Waals surface area contributed by atoms with E-state index < -0.39 is 31.1 Å². The summed E-state index contributed by atoms with van der Waals surface area (Å²) in [6.07, 6.45) is -1.49. The zero-order chi connectivity index (χ0) is 18.0. The molecule has 0 radical (unpaired) electrons. The van der Waals surface area contributed by atoms with Crippen LogP contribution in [0.1, 0.15) is 19.1 Å². The number of hydrogen-bond donors (Lipinski definition) is 6. The molecule has 2 aromatic heterocycles. The average molecular weight is 354 g/mol. The van der Waals surface area contributed by atoms with Crippen molar-refractivity contribution >= 4 is 22.9 Å². The second kappa shape index (κ2) is 7.45. The van der Waals surface area contributed by atoms with Crippen LogP contribution in [0.3, 0.4) is 0 Å². The lowest BCUT2D eigenvalue weighted by Crippen LogP contribution is -2.33. The summed E-state index contributed by atoms with van der Waals surface area (Å²) < 4.78 is 6.96. The number of nitrogens with zero attached hydrogens (tertiary/aromatic N) is 4. The molecule has 0 bridgehead atoms. The number of unbranched alkanes of at least 4 members (excludes halogenated alkanes) is 1. The van der Waals surface area contributed by atoms with Gasteiger partial charge in [0.15, 0.2) is 23.2 Å². The number of ether oxygens (including phenoxy) is 1. The van der Waals surface area contributed by atoms with Crippen LogP contribution in [0, 0.1) is 0 Å². The van der Waals surface area contributed by atoms with Crippen LogP contribution in [0.5, 0.6) is 0 Å². The maximum Gasteiger partial charge on any atom is 0.224 e. The summed E-state index contributed by atoms with van der Waals surface area (Å²) in [5.41, 5.74) is 6.54. The monoisotopic (exact) mass is 354 g/mol. The van der Waals surface area contributed by atoms with E-state index in [1.54, 1.807) is 0 Å². The van der Waals surface area contributed by atoms with Crippen molar-refractivity contribution < 1.29 is 25.2 Å². The fourth-order valence-electron chi connectivity index (χ4n) is 2.80. The summed E-state index contributed by atoms with van der Waals surface area (Å²) >= 11 is 0. The van der Waals surface area contributed by atoms with Gasteiger partial charge in [-0.05, 0) is 12.8 Å². The first-order chi connectivity index (χ1) is 12.1. The molecular formula is C14H22N6O5. The first-order valence-corrected chi connectivity index (χ1v) is 8.04. The van der Waals surface area contributed by atoms with Crippen LogP contribution in [0.4, 0.5) is 11.8 Å². The Hall–Kier alpha value is -2.05. The molecule has 1 saturated heterocycles. The SMILES string of the molecule is Nc1nc(NCCCCO)c2ncn([C@@H]3O[C@H](CO)[C@@H](O)[C@H]3O)c2n1. The molecule has 7 N–H and O–H groups in total. The number of hydrogen-bond acceptors (Lipinski definition) is 10. The molecule has 3 rings (SSSR count). The molecule has 138 valence electrons. The number of aliphatic hydroxyl groups excluding tert-OH is 4. The highest BCUT2D eigenvalue weighted by Gasteiger charge is 2.44. The minimum atomic E-state index is -1.24. The normalized spacial score (nSPS) is 26.4. The van der Waals surface area contributed by atoms with Crippen molar-refractivity contribution in [2.45, 2.75) is 37.4 Å². The maximum atomic E-state index is 10.2. The Morgan fingerprint density at radius 2 is 2.00 bits per heavy atom. The molecule has 0 saturated carbocycles. The van der Waals surface area contributed by atoms with E-state index in [1.807, 2.05) is 0 Å². The smallest absolute Gasteiger partial charge is 0.224 e. The molecule has 0 amide bonds. The Kier molecular flexibility index (Phi) is 5.30. The van der Waals surface area contributed by atoms with Crippen molar-refractivity contribution in [2.24, 2.45) is 0 Å². The summed E-state index contributed by atoms with van der Waals surface area (Å²) in [5.74, 6) is 0.455. The van der Waals surface area contributed by atoms with Crippen LogP contribution in [0.25, 0.3) is 11.2 Å². The van der Waals surface area contributed by atoms with Gasteiger partial charge in [-0.1, -0.05) is 0 Å². The van der Waals surface area contributed by atoms with E-state index in [0.29, 0.717) is 29.9 Å². The van der Waals surface area contributed by atoms with E-state index in [-0.39, 0.29) is 12.6 Å². The number of rotatable bonds is 7. The van der Waals surface area contributed by atoms with E-state index in [9.17, 15) is 15.3 Å². The lowest BCUT2D eigenvalue weighted by Gasteiger charge is -2.16. The highest BCUT2D eigenvalue weighted by atomic mass is 16.6. The zero-order valence-corrected chi connectivity index (χ0v) is 13.5. The van der Waals surface area contributed by atoms with E-state index in [1.165, 1.54) is 10.9 Å². The van der Waals surface area contributed by atoms with Gasteiger partial charge in [-0.2, -0.15) is 9.97 Å². The lowest BCUT2D eigenvalue weighted by molar-refractivity contribution is -0.0511. The molecule has 11 nitrogen and oxygen atoms in total. The van der Waals surface area contributed by atoms with Crippen LogP contribution in [0.2, 0.25) is 0 Å². The molecule has 25 heavy (non-hydrogen) atoms. The van der Waals surface area contributed by atoms with Crippen LogP contribution in [-0.2, 0) is 4.74 Å². The van der Waals surface area contributed by atoms with Gasteiger partial charge in [0, 0.05) is 13.2 Å². The Morgan fingerprint density at radius 3 is 2.68 bits per heavy atom. The average Bonchev–Trinajstić information content (AvgIpc) is 3.13. The number of fused-ring (bicyclic) bond motifs is 1. The molecule has 3 heterocycles. The first-order valence-electron chi connectivity index (χ1n) is 8.04. The number of nitrogen functional groups attached to an aromatic ring is 1. The second-order valence-electron chi connectivity index (χ2n) is 5.84. The Bertz CT molecular complexity index is 725. The van der Waals surface area contributed by atoms with Gasteiger partial charge in [0.05, 0.1) is 12.9 Å². The van der Waals surface area contributed by atoms with Crippen molar-refractivity contribution in [3.8, 4) is 0 Å². The maximum absolute atomic E-state index is 10.2. The van der Waals surface area contributed by atoms with Crippen molar-refractivity contribution in [3.05, 3.63) is 6.33 Å². The molecule has 0 aliphatic carbocycles. The molecule has 1 aliphatic rings. The molecule has 0 aromatic carbocycles. The van der Waals surface area contributed by atoms with Crippen molar-refractivity contribution in [1.82, 2.24) is 19.5 Å². The molecule has 2 aromatic rings. The van der Waals surface area contributed by atoms with Crippen LogP contribution < -0.4 is 11.1 Å². The van der Waals surface area contributed by atoms with Crippen LogP contribution in [0.15, 0.2) is 6.33 Å². The molecule has 1 fully saturated rings. The topological polar surface area (TPSA) is 172 Å². The van der Waals surface area contributed by atoms with Crippen molar-refractivity contribution in [1.29, 1.82) is 0 Å². The minimum Gasteiger partial charge on any atom is -0.396 e. The Balaban J connectivity index is 1.89. The van der Waals surface area contributed by atoms with Gasteiger partial charge in [-0.3, -0.25) is 4.57 Å². The van der Waals surface area contributed by atoms with E-state index in [4.69, 9.17) is 15.6 Å². The minimum absolute atomic E-state index is 0.0191. The predicted octanol–water partition coefficient (Wildman–Crippen LogP) is -1.80. The predicted molar refractivity (Wildman–Crippen MR) is 87.6 cm³/mol. The van der Waals surface area contributed by atoms with Crippen LogP contribution >= 0.6 is 0 Å². The number of imidazole rings is 1. The molecule has 11 heteroatoms. The summed E-state index contributed by atoms with van der Waals surface area (Å²) in [6.45, 7) is 0.270. The van der Waals surface area contributed by atoms with E-state index in [2.05, 4.69) is 20.3 Å². The Morgan fingerprint density at radius 1 is 1.20 bits per heavy atom. The molecule has 0 unspecified atom stereocenters. The summed E-state index contributed by atoms with van der Waals surface area (Å²) in [7, 11) is 0. The van der Waals surface area contributed by atoms with Gasteiger partial charge < -0.3 is 36.2 Å². The molecule has 4 atom stereocenters. The standard InChI is InChI=1S/C14H22N6O5/c15-14-18-11(16-3-1-2-4-21)8-12(19-14)20(6-17-8)13-10(24)9(23)7(5-22)25-13/h6-7,9-10,13,21-24H,1-5H2,(H3,15,16,18,19)/t7-,9-,10-,13-/m1/s1. The molecular weight excluding hydrogens is 332 g/mol. The zero-order valence-electron chi connectivity index (χ0n) is 13.5. The fraction of sp³-hybridized carbons (Fsp3) is 0.643. The summed E-state index contributed by atoms with van der Waals surface area (Å²) in [4.78, 5) is 12.5. The quantitative estimate of drug-likeness (QED) is 0.312. The van der Waals surface area contributed by atoms with E-state index >= 15 is 0 Å². The van der Waals surface area contributed by atoms with Gasteiger partial charge in [-0.15, -0.1) is 0 Å². The number of nitrogens with two attached hydrogens (primary N) is 1. The fourth-order valence-corrected chi connectivity index (χ4v) is 2.80. The van der Waals surface area contributed by atoms with Crippen molar-refractivity contribution in [3.63, 3.8) is 0 Å². The van der Waals surface area contributed by atoms with Crippen LogP contribution in [-0.4, -0.2) is 78.0 Å². The number of nitrogens with one attached hydrogen (secondary N) is 1. The van der Waals surface area contributed by atoms with Gasteiger partial charge in [0.2, 0.25) is 5.95 Å². The summed E-state index contributed by atoms with van der Waals surface area (Å²) in [6, 6.07) is 0. The second-order valence-corrected chi connectivity index (χ2v) is 5.84.